The standard InChI is InChI=1S/C6H2Cl2F2IN/c7-2-1-3(11)5(8)12-4(2)6(9)10/h1,6H. The van der Waals surface area contributed by atoms with Crippen molar-refractivity contribution in [2.24, 2.45) is 0 Å². The van der Waals surface area contributed by atoms with Gasteiger partial charge in [0.1, 0.15) is 10.8 Å². The third-order valence-corrected chi connectivity index (χ3v) is 2.85. The summed E-state index contributed by atoms with van der Waals surface area (Å²) in [6, 6.07) is 1.36. The van der Waals surface area contributed by atoms with Crippen molar-refractivity contribution in [3.8, 4) is 0 Å². The van der Waals surface area contributed by atoms with Gasteiger partial charge in [-0.1, -0.05) is 23.2 Å². The first kappa shape index (κ1) is 10.4. The fourth-order valence-electron chi connectivity index (χ4n) is 0.610. The lowest BCUT2D eigenvalue weighted by Gasteiger charge is -2.03. The maximum absolute atomic E-state index is 12.1. The Bertz CT molecular complexity index is 306. The zero-order valence-electron chi connectivity index (χ0n) is 5.49. The Morgan fingerprint density at radius 1 is 1.42 bits per heavy atom. The Morgan fingerprint density at radius 3 is 2.50 bits per heavy atom. The minimum absolute atomic E-state index is 0.0512. The molecule has 12 heavy (non-hydrogen) atoms. The maximum atomic E-state index is 12.1. The first-order valence-corrected chi connectivity index (χ1v) is 4.65. The molecule has 0 atom stereocenters. The first-order valence-electron chi connectivity index (χ1n) is 2.82. The van der Waals surface area contributed by atoms with Crippen LogP contribution in [0.3, 0.4) is 0 Å². The molecule has 0 N–H and O–H groups in total. The zero-order valence-corrected chi connectivity index (χ0v) is 9.16. The number of halogens is 5. The van der Waals surface area contributed by atoms with Crippen LogP contribution in [0.15, 0.2) is 6.07 Å². The van der Waals surface area contributed by atoms with Crippen LogP contribution in [0.4, 0.5) is 8.78 Å². The van der Waals surface area contributed by atoms with E-state index in [1.165, 1.54) is 6.07 Å². The minimum atomic E-state index is -2.69. The van der Waals surface area contributed by atoms with Crippen molar-refractivity contribution < 1.29 is 8.78 Å². The highest BCUT2D eigenvalue weighted by molar-refractivity contribution is 14.1. The summed E-state index contributed by atoms with van der Waals surface area (Å²) in [5.74, 6) is 0. The molecule has 1 aromatic rings. The second-order valence-electron chi connectivity index (χ2n) is 1.93. The summed E-state index contributed by atoms with van der Waals surface area (Å²) in [6.45, 7) is 0. The number of hydrogen-bond acceptors (Lipinski definition) is 1. The molecule has 6 heteroatoms. The lowest BCUT2D eigenvalue weighted by molar-refractivity contribution is 0.146. The van der Waals surface area contributed by atoms with Crippen LogP contribution in [0.2, 0.25) is 10.2 Å². The molecule has 1 heterocycles. The van der Waals surface area contributed by atoms with Gasteiger partial charge in [-0.15, -0.1) is 0 Å². The fourth-order valence-corrected chi connectivity index (χ4v) is 1.61. The van der Waals surface area contributed by atoms with E-state index in [-0.39, 0.29) is 10.2 Å². The summed E-state index contributed by atoms with van der Waals surface area (Å²) < 4.78 is 24.8. The van der Waals surface area contributed by atoms with Gasteiger partial charge in [-0.05, 0) is 28.7 Å². The molecule has 0 radical (unpaired) electrons. The third kappa shape index (κ3) is 2.17. The summed E-state index contributed by atoms with van der Waals surface area (Å²) in [7, 11) is 0. The Hall–Kier alpha value is 0.320. The molecule has 0 saturated carbocycles. The summed E-state index contributed by atoms with van der Waals surface area (Å²) in [4.78, 5) is 3.45. The predicted molar refractivity (Wildman–Crippen MR) is 51.9 cm³/mol. The summed E-state index contributed by atoms with van der Waals surface area (Å²) >= 11 is 12.9. The lowest BCUT2D eigenvalue weighted by Crippen LogP contribution is -1.93. The molecule has 1 aromatic heterocycles. The predicted octanol–water partition coefficient (Wildman–Crippen LogP) is 3.93. The average molecular weight is 324 g/mol. The van der Waals surface area contributed by atoms with Gasteiger partial charge in [-0.3, -0.25) is 0 Å². The molecule has 0 unspecified atom stereocenters. The van der Waals surface area contributed by atoms with Gasteiger partial charge in [-0.2, -0.15) is 0 Å². The second kappa shape index (κ2) is 4.02. The first-order chi connectivity index (χ1) is 5.52. The molecular formula is C6H2Cl2F2IN. The molecule has 0 amide bonds. The van der Waals surface area contributed by atoms with Gasteiger partial charge in [0.05, 0.1) is 8.59 Å². The molecule has 0 aliphatic rings. The van der Waals surface area contributed by atoms with Gasteiger partial charge in [0.15, 0.2) is 0 Å². The monoisotopic (exact) mass is 323 g/mol. The quantitative estimate of drug-likeness (QED) is 0.563. The highest BCUT2D eigenvalue weighted by atomic mass is 127. The van der Waals surface area contributed by atoms with Gasteiger partial charge in [-0.25, -0.2) is 13.8 Å². The number of alkyl halides is 2. The number of aromatic nitrogens is 1. The smallest absolute Gasteiger partial charge is 0.232 e. The largest absolute Gasteiger partial charge is 0.281 e. The summed E-state index contributed by atoms with van der Waals surface area (Å²) in [6.07, 6.45) is -2.69. The average Bonchev–Trinajstić information content (AvgIpc) is 1.96. The van der Waals surface area contributed by atoms with E-state index in [0.717, 1.165) is 0 Å². The van der Waals surface area contributed by atoms with Crippen molar-refractivity contribution >= 4 is 45.8 Å². The molecule has 0 aromatic carbocycles. The van der Waals surface area contributed by atoms with Crippen molar-refractivity contribution in [1.29, 1.82) is 0 Å². The normalized spacial score (nSPS) is 10.8. The van der Waals surface area contributed by atoms with Crippen molar-refractivity contribution in [3.63, 3.8) is 0 Å². The maximum Gasteiger partial charge on any atom is 0.281 e. The van der Waals surface area contributed by atoms with Gasteiger partial charge in [0, 0.05) is 0 Å². The van der Waals surface area contributed by atoms with Crippen LogP contribution < -0.4 is 0 Å². The van der Waals surface area contributed by atoms with E-state index in [4.69, 9.17) is 23.2 Å². The van der Waals surface area contributed by atoms with Gasteiger partial charge in [0.2, 0.25) is 0 Å². The Labute approximate surface area is 91.2 Å². The molecule has 0 bridgehead atoms. The second-order valence-corrected chi connectivity index (χ2v) is 3.86. The molecule has 0 fully saturated rings. The van der Waals surface area contributed by atoms with Crippen LogP contribution in [-0.4, -0.2) is 4.98 Å². The van der Waals surface area contributed by atoms with Gasteiger partial charge in [0.25, 0.3) is 6.43 Å². The van der Waals surface area contributed by atoms with Crippen LogP contribution in [0.5, 0.6) is 0 Å². The van der Waals surface area contributed by atoms with Crippen LogP contribution in [0.1, 0.15) is 12.1 Å². The van der Waals surface area contributed by atoms with Crippen molar-refractivity contribution in [2.45, 2.75) is 6.43 Å². The summed E-state index contributed by atoms with van der Waals surface area (Å²) in [5.41, 5.74) is -0.470. The molecule has 0 aliphatic carbocycles. The molecule has 66 valence electrons. The van der Waals surface area contributed by atoms with Crippen LogP contribution in [0, 0.1) is 3.57 Å². The van der Waals surface area contributed by atoms with E-state index in [9.17, 15) is 8.78 Å². The Balaban J connectivity index is 3.23. The highest BCUT2D eigenvalue weighted by Gasteiger charge is 2.15. The highest BCUT2D eigenvalue weighted by Crippen LogP contribution is 2.29. The van der Waals surface area contributed by atoms with Crippen LogP contribution in [0.25, 0.3) is 0 Å². The fraction of sp³-hybridized carbons (Fsp3) is 0.167. The molecule has 1 rings (SSSR count). The van der Waals surface area contributed by atoms with Crippen molar-refractivity contribution in [1.82, 2.24) is 4.98 Å². The molecule has 0 aliphatic heterocycles. The van der Waals surface area contributed by atoms with E-state index in [1.54, 1.807) is 0 Å². The van der Waals surface area contributed by atoms with Crippen LogP contribution >= 0.6 is 45.8 Å². The van der Waals surface area contributed by atoms with E-state index in [0.29, 0.717) is 3.57 Å². The molecule has 1 nitrogen and oxygen atoms in total. The van der Waals surface area contributed by atoms with Crippen molar-refractivity contribution in [2.75, 3.05) is 0 Å². The lowest BCUT2D eigenvalue weighted by atomic mass is 10.4. The van der Waals surface area contributed by atoms with E-state index in [1.807, 2.05) is 22.6 Å². The van der Waals surface area contributed by atoms with Crippen molar-refractivity contribution in [3.05, 3.63) is 25.5 Å². The zero-order chi connectivity index (χ0) is 9.30. The molecule has 0 spiro atoms. The Kier molecular flexibility index (Phi) is 3.48. The SMILES string of the molecule is FC(F)c1nc(Cl)c(I)cc1Cl. The van der Waals surface area contributed by atoms with E-state index < -0.39 is 12.1 Å². The van der Waals surface area contributed by atoms with Crippen LogP contribution in [-0.2, 0) is 0 Å². The number of pyridine rings is 1. The van der Waals surface area contributed by atoms with E-state index >= 15 is 0 Å². The minimum Gasteiger partial charge on any atom is -0.232 e. The van der Waals surface area contributed by atoms with E-state index in [2.05, 4.69) is 4.98 Å². The number of rotatable bonds is 1. The third-order valence-electron chi connectivity index (χ3n) is 1.12. The molecule has 0 saturated heterocycles. The summed E-state index contributed by atoms with van der Waals surface area (Å²) in [5, 5.41) is -0.00546. The molecular weight excluding hydrogens is 322 g/mol. The van der Waals surface area contributed by atoms with Gasteiger partial charge < -0.3 is 0 Å². The number of hydrogen-bond donors (Lipinski definition) is 0. The Morgan fingerprint density at radius 2 is 2.00 bits per heavy atom. The topological polar surface area (TPSA) is 12.9 Å². The van der Waals surface area contributed by atoms with Gasteiger partial charge >= 0.3 is 0 Å². The number of nitrogens with zero attached hydrogens (tertiary/aromatic N) is 1.